The lowest BCUT2D eigenvalue weighted by atomic mass is 9.93. The summed E-state index contributed by atoms with van der Waals surface area (Å²) in [4.78, 5) is 4.43. The van der Waals surface area contributed by atoms with Crippen LogP contribution in [-0.4, -0.2) is 27.4 Å². The van der Waals surface area contributed by atoms with E-state index in [2.05, 4.69) is 36.2 Å². The predicted octanol–water partition coefficient (Wildman–Crippen LogP) is 2.64. The van der Waals surface area contributed by atoms with E-state index in [4.69, 9.17) is 0 Å². The lowest BCUT2D eigenvalue weighted by molar-refractivity contribution is 0.340. The van der Waals surface area contributed by atoms with Crippen molar-refractivity contribution < 1.29 is 0 Å². The van der Waals surface area contributed by atoms with Crippen molar-refractivity contribution in [2.45, 2.75) is 65.5 Å². The maximum atomic E-state index is 4.43. The number of hydrogen-bond acceptors (Lipinski definition) is 3. The highest BCUT2D eigenvalue weighted by molar-refractivity contribution is 4.94. The first-order chi connectivity index (χ1) is 9.28. The second kappa shape index (κ2) is 7.04. The molecule has 1 fully saturated rings. The van der Waals surface area contributed by atoms with Gasteiger partial charge in [-0.25, -0.2) is 4.98 Å². The number of likely N-dealkylation sites (N-methyl/N-ethyl adjacent to an activating group) is 1. The van der Waals surface area contributed by atoms with E-state index >= 15 is 0 Å². The number of aryl methyl sites for hydroxylation is 1. The summed E-state index contributed by atoms with van der Waals surface area (Å²) in [5.41, 5.74) is 0. The lowest BCUT2D eigenvalue weighted by Gasteiger charge is -2.24. The first-order valence-electron chi connectivity index (χ1n) is 7.88. The standard InChI is InChI=1S/C15H28N4/c1-4-12-7-8-13(9-12)14(16-5-2)10-15-17-11-18-19(15)6-3/h11-14,16H,4-10H2,1-3H3. The molecule has 0 radical (unpaired) electrons. The van der Waals surface area contributed by atoms with Gasteiger partial charge in [0.2, 0.25) is 0 Å². The van der Waals surface area contributed by atoms with Gasteiger partial charge < -0.3 is 5.32 Å². The van der Waals surface area contributed by atoms with E-state index in [1.54, 1.807) is 6.33 Å². The zero-order valence-corrected chi connectivity index (χ0v) is 12.6. The highest BCUT2D eigenvalue weighted by Gasteiger charge is 2.30. The van der Waals surface area contributed by atoms with Crippen LogP contribution in [-0.2, 0) is 13.0 Å². The van der Waals surface area contributed by atoms with Gasteiger partial charge in [0.05, 0.1) is 0 Å². The molecule has 1 aromatic heterocycles. The number of aromatic nitrogens is 3. The fraction of sp³-hybridized carbons (Fsp3) is 0.867. The Labute approximate surface area is 117 Å². The molecule has 4 heteroatoms. The molecule has 0 aromatic carbocycles. The minimum Gasteiger partial charge on any atom is -0.314 e. The average Bonchev–Trinajstić information content (AvgIpc) is 3.06. The second-order valence-corrected chi connectivity index (χ2v) is 5.71. The molecule has 0 aliphatic heterocycles. The van der Waals surface area contributed by atoms with Crippen LogP contribution in [0.25, 0.3) is 0 Å². The zero-order valence-electron chi connectivity index (χ0n) is 12.6. The summed E-state index contributed by atoms with van der Waals surface area (Å²) < 4.78 is 2.02. The molecule has 0 bridgehead atoms. The van der Waals surface area contributed by atoms with Crippen molar-refractivity contribution in [1.29, 1.82) is 0 Å². The van der Waals surface area contributed by atoms with Crippen LogP contribution < -0.4 is 5.32 Å². The van der Waals surface area contributed by atoms with Crippen LogP contribution in [0.15, 0.2) is 6.33 Å². The number of nitrogens with zero attached hydrogens (tertiary/aromatic N) is 3. The molecule has 1 aliphatic carbocycles. The van der Waals surface area contributed by atoms with Gasteiger partial charge in [-0.15, -0.1) is 0 Å². The van der Waals surface area contributed by atoms with Crippen LogP contribution in [0.3, 0.4) is 0 Å². The van der Waals surface area contributed by atoms with Crippen molar-refractivity contribution in [1.82, 2.24) is 20.1 Å². The van der Waals surface area contributed by atoms with Crippen LogP contribution >= 0.6 is 0 Å². The van der Waals surface area contributed by atoms with Gasteiger partial charge in [0.15, 0.2) is 0 Å². The third-order valence-electron chi connectivity index (χ3n) is 4.59. The van der Waals surface area contributed by atoms with Gasteiger partial charge in [-0.3, -0.25) is 4.68 Å². The number of nitrogens with one attached hydrogen (secondary N) is 1. The van der Waals surface area contributed by atoms with Crippen LogP contribution in [0.1, 0.15) is 52.3 Å². The quantitative estimate of drug-likeness (QED) is 0.823. The van der Waals surface area contributed by atoms with Gasteiger partial charge in [-0.05, 0) is 38.1 Å². The minimum absolute atomic E-state index is 0.566. The van der Waals surface area contributed by atoms with Crippen molar-refractivity contribution in [2.24, 2.45) is 11.8 Å². The van der Waals surface area contributed by atoms with Crippen molar-refractivity contribution >= 4 is 0 Å². The molecule has 1 saturated carbocycles. The average molecular weight is 264 g/mol. The Morgan fingerprint density at radius 2 is 2.21 bits per heavy atom. The molecule has 4 nitrogen and oxygen atoms in total. The zero-order chi connectivity index (χ0) is 13.7. The summed E-state index contributed by atoms with van der Waals surface area (Å²) in [6.07, 6.45) is 8.20. The van der Waals surface area contributed by atoms with Crippen LogP contribution in [0.5, 0.6) is 0 Å². The Hall–Kier alpha value is -0.900. The molecule has 1 heterocycles. The topological polar surface area (TPSA) is 42.7 Å². The van der Waals surface area contributed by atoms with Crippen molar-refractivity contribution in [3.05, 3.63) is 12.2 Å². The van der Waals surface area contributed by atoms with Gasteiger partial charge in [0.25, 0.3) is 0 Å². The summed E-state index contributed by atoms with van der Waals surface area (Å²) in [6, 6.07) is 0.566. The molecule has 2 rings (SSSR count). The minimum atomic E-state index is 0.566. The predicted molar refractivity (Wildman–Crippen MR) is 78.0 cm³/mol. The molecule has 1 N–H and O–H groups in total. The van der Waals surface area contributed by atoms with Crippen LogP contribution in [0, 0.1) is 11.8 Å². The molecule has 108 valence electrons. The van der Waals surface area contributed by atoms with Gasteiger partial charge >= 0.3 is 0 Å². The van der Waals surface area contributed by atoms with E-state index in [1.807, 2.05) is 4.68 Å². The Balaban J connectivity index is 2.00. The third-order valence-corrected chi connectivity index (χ3v) is 4.59. The first kappa shape index (κ1) is 14.5. The maximum Gasteiger partial charge on any atom is 0.138 e. The van der Waals surface area contributed by atoms with E-state index < -0.39 is 0 Å². The van der Waals surface area contributed by atoms with Crippen molar-refractivity contribution in [3.8, 4) is 0 Å². The van der Waals surface area contributed by atoms with E-state index in [-0.39, 0.29) is 0 Å². The third kappa shape index (κ3) is 3.56. The molecular weight excluding hydrogens is 236 g/mol. The van der Waals surface area contributed by atoms with Gasteiger partial charge in [0, 0.05) is 19.0 Å². The highest BCUT2D eigenvalue weighted by Crippen LogP contribution is 2.35. The molecule has 0 saturated heterocycles. The Morgan fingerprint density at radius 1 is 1.37 bits per heavy atom. The molecule has 1 aromatic rings. The molecule has 3 atom stereocenters. The van der Waals surface area contributed by atoms with Crippen molar-refractivity contribution in [3.63, 3.8) is 0 Å². The summed E-state index contributed by atoms with van der Waals surface area (Å²) in [5.74, 6) is 2.88. The SMILES string of the molecule is CCNC(Cc1ncnn1CC)C1CCC(CC)C1. The smallest absolute Gasteiger partial charge is 0.138 e. The molecule has 1 aliphatic rings. The summed E-state index contributed by atoms with van der Waals surface area (Å²) in [7, 11) is 0. The second-order valence-electron chi connectivity index (χ2n) is 5.71. The fourth-order valence-corrected chi connectivity index (χ4v) is 3.42. The highest BCUT2D eigenvalue weighted by atomic mass is 15.3. The summed E-state index contributed by atoms with van der Waals surface area (Å²) in [6.45, 7) is 8.60. The van der Waals surface area contributed by atoms with E-state index in [0.717, 1.165) is 37.2 Å². The monoisotopic (exact) mass is 264 g/mol. The number of rotatable bonds is 7. The fourth-order valence-electron chi connectivity index (χ4n) is 3.42. The number of hydrogen-bond donors (Lipinski definition) is 1. The molecule has 3 unspecified atom stereocenters. The van der Waals surface area contributed by atoms with E-state index in [0.29, 0.717) is 6.04 Å². The van der Waals surface area contributed by atoms with E-state index in [1.165, 1.54) is 25.7 Å². The Bertz CT molecular complexity index is 374. The van der Waals surface area contributed by atoms with Gasteiger partial charge in [-0.2, -0.15) is 5.10 Å². The molecule has 0 spiro atoms. The van der Waals surface area contributed by atoms with E-state index in [9.17, 15) is 0 Å². The summed E-state index contributed by atoms with van der Waals surface area (Å²) >= 11 is 0. The molecule has 19 heavy (non-hydrogen) atoms. The van der Waals surface area contributed by atoms with Crippen molar-refractivity contribution in [2.75, 3.05) is 6.54 Å². The molecule has 0 amide bonds. The largest absolute Gasteiger partial charge is 0.314 e. The Morgan fingerprint density at radius 3 is 2.84 bits per heavy atom. The normalized spacial score (nSPS) is 24.8. The van der Waals surface area contributed by atoms with Gasteiger partial charge in [0.1, 0.15) is 12.2 Å². The Kier molecular flexibility index (Phi) is 5.37. The lowest BCUT2D eigenvalue weighted by Crippen LogP contribution is -2.38. The van der Waals surface area contributed by atoms with Crippen LogP contribution in [0.2, 0.25) is 0 Å². The van der Waals surface area contributed by atoms with Gasteiger partial charge in [-0.1, -0.05) is 26.7 Å². The molecular formula is C15H28N4. The van der Waals surface area contributed by atoms with Crippen LogP contribution in [0.4, 0.5) is 0 Å². The first-order valence-corrected chi connectivity index (χ1v) is 7.88. The summed E-state index contributed by atoms with van der Waals surface area (Å²) in [5, 5.41) is 7.96. The maximum absolute atomic E-state index is 4.43.